The van der Waals surface area contributed by atoms with Gasteiger partial charge in [0.05, 0.1) is 11.6 Å². The highest BCUT2D eigenvalue weighted by atomic mass is 16.4. The Kier molecular flexibility index (Phi) is 4.65. The Hall–Kier alpha value is -1.85. The molecule has 6 heteroatoms. The number of carbonyl (C=O) groups excluding carboxylic acids is 1. The van der Waals surface area contributed by atoms with Gasteiger partial charge in [-0.25, -0.2) is 0 Å². The van der Waals surface area contributed by atoms with Crippen LogP contribution in [0.25, 0.3) is 0 Å². The molecule has 1 fully saturated rings. The molecule has 0 aromatic carbocycles. The van der Waals surface area contributed by atoms with Crippen LogP contribution >= 0.6 is 0 Å². The number of aliphatic carboxylic acids is 1. The summed E-state index contributed by atoms with van der Waals surface area (Å²) < 4.78 is 1.83. The molecule has 0 radical (unpaired) electrons. The third kappa shape index (κ3) is 3.43. The Morgan fingerprint density at radius 1 is 1.38 bits per heavy atom. The Bertz CT molecular complexity index is 551. The molecule has 116 valence electrons. The molecule has 1 aromatic heterocycles. The predicted octanol–water partition coefficient (Wildman–Crippen LogP) is 1.29. The molecule has 1 amide bonds. The molecule has 1 aliphatic heterocycles. The Labute approximate surface area is 124 Å². The van der Waals surface area contributed by atoms with Gasteiger partial charge in [0.1, 0.15) is 0 Å². The van der Waals surface area contributed by atoms with Crippen LogP contribution in [0, 0.1) is 19.8 Å². The van der Waals surface area contributed by atoms with E-state index >= 15 is 0 Å². The minimum atomic E-state index is -0.800. The summed E-state index contributed by atoms with van der Waals surface area (Å²) in [6, 6.07) is 0. The van der Waals surface area contributed by atoms with Crippen LogP contribution in [0.3, 0.4) is 0 Å². The number of nitrogens with zero attached hydrogens (tertiary/aromatic N) is 3. The van der Waals surface area contributed by atoms with Crippen LogP contribution in [-0.2, 0) is 23.1 Å². The number of carbonyl (C=O) groups is 2. The summed E-state index contributed by atoms with van der Waals surface area (Å²) in [7, 11) is 1.90. The van der Waals surface area contributed by atoms with Gasteiger partial charge in [-0.1, -0.05) is 0 Å². The zero-order valence-corrected chi connectivity index (χ0v) is 12.9. The van der Waals surface area contributed by atoms with Gasteiger partial charge in [0, 0.05) is 32.3 Å². The van der Waals surface area contributed by atoms with E-state index < -0.39 is 11.9 Å². The average Bonchev–Trinajstić information content (AvgIpc) is 2.70. The Morgan fingerprint density at radius 2 is 2.10 bits per heavy atom. The van der Waals surface area contributed by atoms with Crippen molar-refractivity contribution in [1.82, 2.24) is 14.7 Å². The highest BCUT2D eigenvalue weighted by Crippen LogP contribution is 2.19. The third-order valence-electron chi connectivity index (χ3n) is 4.37. The van der Waals surface area contributed by atoms with E-state index in [1.807, 2.05) is 25.6 Å². The number of piperidine rings is 1. The molecule has 21 heavy (non-hydrogen) atoms. The molecule has 1 atom stereocenters. The average molecular weight is 293 g/mol. The molecule has 0 bridgehead atoms. The number of hydrogen-bond donors (Lipinski definition) is 1. The fourth-order valence-electron chi connectivity index (χ4n) is 2.97. The molecule has 1 saturated heterocycles. The van der Waals surface area contributed by atoms with E-state index in [4.69, 9.17) is 5.11 Å². The minimum Gasteiger partial charge on any atom is -0.481 e. The van der Waals surface area contributed by atoms with Gasteiger partial charge in [-0.05, 0) is 38.7 Å². The van der Waals surface area contributed by atoms with Crippen molar-refractivity contribution in [2.45, 2.75) is 39.5 Å². The lowest BCUT2D eigenvalue weighted by molar-refractivity contribution is -0.145. The van der Waals surface area contributed by atoms with Gasteiger partial charge in [-0.3, -0.25) is 14.3 Å². The molecular formula is C15H23N3O3. The minimum absolute atomic E-state index is 0.0450. The van der Waals surface area contributed by atoms with Crippen molar-refractivity contribution in [3.8, 4) is 0 Å². The van der Waals surface area contributed by atoms with Gasteiger partial charge < -0.3 is 10.0 Å². The zero-order valence-electron chi connectivity index (χ0n) is 12.9. The van der Waals surface area contributed by atoms with Crippen LogP contribution in [0.5, 0.6) is 0 Å². The van der Waals surface area contributed by atoms with Gasteiger partial charge in [0.2, 0.25) is 5.91 Å². The fourth-order valence-corrected chi connectivity index (χ4v) is 2.97. The second kappa shape index (κ2) is 6.28. The second-order valence-electron chi connectivity index (χ2n) is 5.79. The first-order valence-electron chi connectivity index (χ1n) is 7.39. The molecular weight excluding hydrogens is 270 g/mol. The molecule has 1 aliphatic rings. The van der Waals surface area contributed by atoms with Crippen LogP contribution in [0.15, 0.2) is 0 Å². The summed E-state index contributed by atoms with van der Waals surface area (Å²) in [5, 5.41) is 13.4. The van der Waals surface area contributed by atoms with E-state index in [2.05, 4.69) is 5.10 Å². The first kappa shape index (κ1) is 15.5. The normalized spacial score (nSPS) is 18.8. The maximum atomic E-state index is 12.3. The van der Waals surface area contributed by atoms with Gasteiger partial charge in [-0.2, -0.15) is 5.10 Å². The molecule has 0 unspecified atom stereocenters. The van der Waals surface area contributed by atoms with Crippen LogP contribution in [0.1, 0.15) is 36.2 Å². The topological polar surface area (TPSA) is 75.4 Å². The van der Waals surface area contributed by atoms with Gasteiger partial charge in [0.25, 0.3) is 0 Å². The standard InChI is InChI=1S/C15H23N3O3/c1-10-13(11(2)17(3)16-10)6-7-14(19)18-8-4-5-12(9-18)15(20)21/h12H,4-9H2,1-3H3,(H,20,21)/t12-/m0/s1. The highest BCUT2D eigenvalue weighted by molar-refractivity contribution is 5.78. The van der Waals surface area contributed by atoms with Crippen molar-refractivity contribution in [2.75, 3.05) is 13.1 Å². The van der Waals surface area contributed by atoms with Crippen LogP contribution in [-0.4, -0.2) is 44.8 Å². The number of aryl methyl sites for hydroxylation is 2. The number of carboxylic acids is 1. The van der Waals surface area contributed by atoms with E-state index in [0.717, 1.165) is 23.4 Å². The maximum absolute atomic E-state index is 12.3. The van der Waals surface area contributed by atoms with Crippen molar-refractivity contribution < 1.29 is 14.7 Å². The Morgan fingerprint density at radius 3 is 2.67 bits per heavy atom. The lowest BCUT2D eigenvalue weighted by Crippen LogP contribution is -2.42. The summed E-state index contributed by atoms with van der Waals surface area (Å²) >= 11 is 0. The van der Waals surface area contributed by atoms with Crippen LogP contribution < -0.4 is 0 Å². The fraction of sp³-hybridized carbons (Fsp3) is 0.667. The molecule has 0 saturated carbocycles. The highest BCUT2D eigenvalue weighted by Gasteiger charge is 2.28. The summed E-state index contributed by atoms with van der Waals surface area (Å²) in [5.74, 6) is -1.17. The van der Waals surface area contributed by atoms with Crippen molar-refractivity contribution in [3.05, 3.63) is 17.0 Å². The first-order valence-corrected chi connectivity index (χ1v) is 7.39. The number of rotatable bonds is 4. The van der Waals surface area contributed by atoms with E-state index in [9.17, 15) is 9.59 Å². The quantitative estimate of drug-likeness (QED) is 0.907. The maximum Gasteiger partial charge on any atom is 0.308 e. The molecule has 0 spiro atoms. The van der Waals surface area contributed by atoms with Gasteiger partial charge in [0.15, 0.2) is 0 Å². The number of carboxylic acid groups (broad SMARTS) is 1. The van der Waals surface area contributed by atoms with Crippen LogP contribution in [0.4, 0.5) is 0 Å². The molecule has 0 aliphatic carbocycles. The predicted molar refractivity (Wildman–Crippen MR) is 77.9 cm³/mol. The summed E-state index contributed by atoms with van der Waals surface area (Å²) in [5.41, 5.74) is 3.17. The lowest BCUT2D eigenvalue weighted by Gasteiger charge is -2.30. The first-order chi connectivity index (χ1) is 9.90. The molecule has 6 nitrogen and oxygen atoms in total. The molecule has 1 N–H and O–H groups in total. The zero-order chi connectivity index (χ0) is 15.6. The lowest BCUT2D eigenvalue weighted by atomic mass is 9.97. The number of hydrogen-bond acceptors (Lipinski definition) is 3. The smallest absolute Gasteiger partial charge is 0.308 e. The SMILES string of the molecule is Cc1nn(C)c(C)c1CCC(=O)N1CCC[C@H](C(=O)O)C1. The van der Waals surface area contributed by atoms with E-state index in [0.29, 0.717) is 32.4 Å². The van der Waals surface area contributed by atoms with Crippen molar-refractivity contribution in [2.24, 2.45) is 13.0 Å². The third-order valence-corrected chi connectivity index (χ3v) is 4.37. The van der Waals surface area contributed by atoms with Gasteiger partial charge >= 0.3 is 5.97 Å². The van der Waals surface area contributed by atoms with E-state index in [-0.39, 0.29) is 5.91 Å². The Balaban J connectivity index is 1.94. The largest absolute Gasteiger partial charge is 0.481 e. The summed E-state index contributed by atoms with van der Waals surface area (Å²) in [6.45, 7) is 4.97. The monoisotopic (exact) mass is 293 g/mol. The van der Waals surface area contributed by atoms with Crippen LogP contribution in [0.2, 0.25) is 0 Å². The molecule has 2 heterocycles. The van der Waals surface area contributed by atoms with Crippen molar-refractivity contribution in [1.29, 1.82) is 0 Å². The number of amides is 1. The summed E-state index contributed by atoms with van der Waals surface area (Å²) in [6.07, 6.45) is 2.52. The van der Waals surface area contributed by atoms with E-state index in [1.54, 1.807) is 4.90 Å². The molecule has 2 rings (SSSR count). The van der Waals surface area contributed by atoms with Gasteiger partial charge in [-0.15, -0.1) is 0 Å². The van der Waals surface area contributed by atoms with Crippen molar-refractivity contribution in [3.63, 3.8) is 0 Å². The number of aromatic nitrogens is 2. The number of likely N-dealkylation sites (tertiary alicyclic amines) is 1. The second-order valence-corrected chi connectivity index (χ2v) is 5.79. The molecule has 1 aromatic rings. The summed E-state index contributed by atoms with van der Waals surface area (Å²) in [4.78, 5) is 25.0. The van der Waals surface area contributed by atoms with E-state index in [1.165, 1.54) is 0 Å². The van der Waals surface area contributed by atoms with Crippen molar-refractivity contribution >= 4 is 11.9 Å².